The molecule has 0 bridgehead atoms. The number of thioether (sulfide) groups is 2. The molecular formula is C12H13ClS2. The molecule has 3 heteroatoms. The van der Waals surface area contributed by atoms with Gasteiger partial charge in [-0.05, 0) is 29.6 Å². The Labute approximate surface area is 104 Å². The van der Waals surface area contributed by atoms with Crippen LogP contribution in [-0.4, -0.2) is 16.1 Å². The summed E-state index contributed by atoms with van der Waals surface area (Å²) in [6, 6.07) is 10.2. The van der Waals surface area contributed by atoms with Crippen molar-refractivity contribution >= 4 is 40.2 Å². The van der Waals surface area contributed by atoms with Gasteiger partial charge in [-0.15, -0.1) is 23.5 Å². The molecule has 0 N–H and O–H groups in total. The summed E-state index contributed by atoms with van der Waals surface area (Å²) in [5.74, 6) is 2.51. The summed E-state index contributed by atoms with van der Waals surface area (Å²) >= 11 is 10.3. The van der Waals surface area contributed by atoms with Crippen LogP contribution in [0.1, 0.15) is 12.0 Å². The average molecular weight is 257 g/mol. The van der Waals surface area contributed by atoms with Gasteiger partial charge in [-0.1, -0.05) is 41.9 Å². The first-order chi connectivity index (χ1) is 7.36. The fourth-order valence-electron chi connectivity index (χ4n) is 1.42. The lowest BCUT2D eigenvalue weighted by molar-refractivity contribution is 1.11. The smallest absolute Gasteiger partial charge is 0.0699 e. The predicted octanol–water partition coefficient (Wildman–Crippen LogP) is 4.46. The van der Waals surface area contributed by atoms with E-state index in [4.69, 9.17) is 11.6 Å². The molecule has 0 nitrogen and oxygen atoms in total. The van der Waals surface area contributed by atoms with E-state index in [2.05, 4.69) is 18.2 Å². The van der Waals surface area contributed by atoms with Gasteiger partial charge in [0.2, 0.25) is 0 Å². The van der Waals surface area contributed by atoms with Crippen LogP contribution in [0.25, 0.3) is 5.03 Å². The van der Waals surface area contributed by atoms with Crippen LogP contribution in [0, 0.1) is 0 Å². The molecule has 1 saturated heterocycles. The molecule has 80 valence electrons. The van der Waals surface area contributed by atoms with Gasteiger partial charge in [-0.2, -0.15) is 0 Å². The molecule has 0 atom stereocenters. The number of halogens is 1. The number of hydrogen-bond acceptors (Lipinski definition) is 2. The van der Waals surface area contributed by atoms with Crippen molar-refractivity contribution in [2.45, 2.75) is 11.0 Å². The summed E-state index contributed by atoms with van der Waals surface area (Å²) < 4.78 is 0.534. The van der Waals surface area contributed by atoms with Crippen LogP contribution in [0.3, 0.4) is 0 Å². The van der Waals surface area contributed by atoms with Gasteiger partial charge in [0.15, 0.2) is 0 Å². The Balaban J connectivity index is 2.06. The van der Waals surface area contributed by atoms with E-state index >= 15 is 0 Å². The molecule has 1 aromatic rings. The van der Waals surface area contributed by atoms with Crippen LogP contribution in [0.15, 0.2) is 36.4 Å². The van der Waals surface area contributed by atoms with Gasteiger partial charge in [0.1, 0.15) is 0 Å². The first-order valence-electron chi connectivity index (χ1n) is 5.02. The van der Waals surface area contributed by atoms with Crippen LogP contribution >= 0.6 is 35.1 Å². The zero-order valence-corrected chi connectivity index (χ0v) is 10.7. The highest BCUT2D eigenvalue weighted by molar-refractivity contribution is 8.17. The molecule has 1 aliphatic heterocycles. The van der Waals surface area contributed by atoms with E-state index in [-0.39, 0.29) is 0 Å². The van der Waals surface area contributed by atoms with E-state index in [1.165, 1.54) is 17.9 Å². The molecule has 0 saturated carbocycles. The maximum atomic E-state index is 6.27. The minimum Gasteiger partial charge on any atom is -0.143 e. The molecule has 1 aliphatic rings. The predicted molar refractivity (Wildman–Crippen MR) is 73.6 cm³/mol. The van der Waals surface area contributed by atoms with Crippen molar-refractivity contribution in [3.63, 3.8) is 0 Å². The Morgan fingerprint density at radius 3 is 2.53 bits per heavy atom. The zero-order chi connectivity index (χ0) is 10.5. The van der Waals surface area contributed by atoms with Gasteiger partial charge in [0, 0.05) is 5.03 Å². The fraction of sp³-hybridized carbons (Fsp3) is 0.333. The summed E-state index contributed by atoms with van der Waals surface area (Å²) in [6.45, 7) is 0. The second-order valence-electron chi connectivity index (χ2n) is 3.34. The molecule has 0 radical (unpaired) electrons. The van der Waals surface area contributed by atoms with Gasteiger partial charge < -0.3 is 0 Å². The highest BCUT2D eigenvalue weighted by Gasteiger charge is 2.12. The molecular weight excluding hydrogens is 244 g/mol. The van der Waals surface area contributed by atoms with Gasteiger partial charge in [0.05, 0.1) is 4.58 Å². The third kappa shape index (κ3) is 3.47. The quantitative estimate of drug-likeness (QED) is 0.766. The second kappa shape index (κ2) is 5.88. The Hall–Kier alpha value is -0.0500. The minimum absolute atomic E-state index is 0.534. The standard InChI is InChI=1S/C12H13ClS2/c13-11(10-5-2-1-3-6-10)9-12-14-7-4-8-15-12/h1-3,5-6,9,12H,4,7-8H2. The van der Waals surface area contributed by atoms with Crippen molar-refractivity contribution in [2.75, 3.05) is 11.5 Å². The monoisotopic (exact) mass is 256 g/mol. The van der Waals surface area contributed by atoms with Crippen molar-refractivity contribution in [2.24, 2.45) is 0 Å². The second-order valence-corrected chi connectivity index (χ2v) is 6.55. The number of hydrogen-bond donors (Lipinski definition) is 0. The molecule has 0 unspecified atom stereocenters. The molecule has 2 rings (SSSR count). The Morgan fingerprint density at radius 2 is 1.87 bits per heavy atom. The lowest BCUT2D eigenvalue weighted by atomic mass is 10.2. The van der Waals surface area contributed by atoms with Crippen LogP contribution < -0.4 is 0 Å². The van der Waals surface area contributed by atoms with Crippen LogP contribution in [0.4, 0.5) is 0 Å². The van der Waals surface area contributed by atoms with Gasteiger partial charge in [0.25, 0.3) is 0 Å². The third-order valence-corrected chi connectivity index (χ3v) is 5.32. The molecule has 0 spiro atoms. The summed E-state index contributed by atoms with van der Waals surface area (Å²) in [5, 5.41) is 0.877. The van der Waals surface area contributed by atoms with Crippen molar-refractivity contribution in [3.05, 3.63) is 42.0 Å². The highest BCUT2D eigenvalue weighted by Crippen LogP contribution is 2.34. The van der Waals surface area contributed by atoms with Crippen LogP contribution in [-0.2, 0) is 0 Å². The Kier molecular flexibility index (Phi) is 4.48. The van der Waals surface area contributed by atoms with Crippen molar-refractivity contribution in [3.8, 4) is 0 Å². The first kappa shape index (κ1) is 11.4. The molecule has 0 aliphatic carbocycles. The Morgan fingerprint density at radius 1 is 1.20 bits per heavy atom. The summed E-state index contributed by atoms with van der Waals surface area (Å²) in [4.78, 5) is 0. The normalized spacial score (nSPS) is 19.1. The highest BCUT2D eigenvalue weighted by atomic mass is 35.5. The lowest BCUT2D eigenvalue weighted by Crippen LogP contribution is -2.03. The summed E-state index contributed by atoms with van der Waals surface area (Å²) in [7, 11) is 0. The molecule has 0 amide bonds. The first-order valence-corrected chi connectivity index (χ1v) is 7.50. The average Bonchev–Trinajstić information content (AvgIpc) is 2.31. The molecule has 1 aromatic carbocycles. The fourth-order valence-corrected chi connectivity index (χ4v) is 4.51. The van der Waals surface area contributed by atoms with Crippen molar-refractivity contribution in [1.82, 2.24) is 0 Å². The van der Waals surface area contributed by atoms with E-state index in [1.54, 1.807) is 0 Å². The minimum atomic E-state index is 0.534. The van der Waals surface area contributed by atoms with E-state index in [0.29, 0.717) is 4.58 Å². The number of rotatable bonds is 2. The van der Waals surface area contributed by atoms with Crippen LogP contribution in [0.2, 0.25) is 0 Å². The van der Waals surface area contributed by atoms with E-state index in [0.717, 1.165) is 10.6 Å². The Bertz CT molecular complexity index is 329. The zero-order valence-electron chi connectivity index (χ0n) is 8.36. The molecule has 0 aromatic heterocycles. The number of benzene rings is 1. The van der Waals surface area contributed by atoms with Crippen molar-refractivity contribution < 1.29 is 0 Å². The van der Waals surface area contributed by atoms with Gasteiger partial charge in [-0.3, -0.25) is 0 Å². The summed E-state index contributed by atoms with van der Waals surface area (Å²) in [6.07, 6.45) is 3.49. The van der Waals surface area contributed by atoms with Gasteiger partial charge >= 0.3 is 0 Å². The van der Waals surface area contributed by atoms with Crippen molar-refractivity contribution in [1.29, 1.82) is 0 Å². The largest absolute Gasteiger partial charge is 0.143 e. The lowest BCUT2D eigenvalue weighted by Gasteiger charge is -2.17. The SMILES string of the molecule is ClC(=CC1SCCCS1)c1ccccc1. The summed E-state index contributed by atoms with van der Waals surface area (Å²) in [5.41, 5.74) is 1.12. The molecule has 1 fully saturated rings. The van der Waals surface area contributed by atoms with E-state index in [9.17, 15) is 0 Å². The maximum absolute atomic E-state index is 6.27. The maximum Gasteiger partial charge on any atom is 0.0699 e. The van der Waals surface area contributed by atoms with E-state index < -0.39 is 0 Å². The third-order valence-electron chi connectivity index (χ3n) is 2.18. The topological polar surface area (TPSA) is 0 Å². The van der Waals surface area contributed by atoms with E-state index in [1.807, 2.05) is 41.7 Å². The van der Waals surface area contributed by atoms with Gasteiger partial charge in [-0.25, -0.2) is 0 Å². The molecule has 15 heavy (non-hydrogen) atoms. The van der Waals surface area contributed by atoms with Crippen LogP contribution in [0.5, 0.6) is 0 Å². The molecule has 1 heterocycles.